The van der Waals surface area contributed by atoms with Crippen molar-refractivity contribution < 1.29 is 4.79 Å². The Balaban J connectivity index is 3.02. The van der Waals surface area contributed by atoms with Gasteiger partial charge in [-0.25, -0.2) is 0 Å². The first-order chi connectivity index (χ1) is 13.3. The average Bonchev–Trinajstić information content (AvgIpc) is 2.66. The van der Waals surface area contributed by atoms with Gasteiger partial charge in [-0.1, -0.05) is 129 Å². The van der Waals surface area contributed by atoms with E-state index in [1.807, 2.05) is 0 Å². The Morgan fingerprint density at radius 3 is 1.07 bits per heavy atom. The van der Waals surface area contributed by atoms with Crippen LogP contribution in [0.1, 0.15) is 148 Å². The number of halogens is 1. The first-order valence-corrected chi connectivity index (χ1v) is 12.9. The minimum absolute atomic E-state index is 0.340. The van der Waals surface area contributed by atoms with Gasteiger partial charge in [0.05, 0.1) is 0 Å². The molecule has 0 bridgehead atoms. The fraction of sp³-hybridized carbons (Fsp3) is 0.960. The normalized spacial score (nSPS) is 11.2. The summed E-state index contributed by atoms with van der Waals surface area (Å²) in [6.07, 6.45) is 29.2. The van der Waals surface area contributed by atoms with Crippen molar-refractivity contribution in [3.8, 4) is 0 Å². The number of hydrogen-bond acceptors (Lipinski definition) is 1. The zero-order valence-electron chi connectivity index (χ0n) is 18.5. The van der Waals surface area contributed by atoms with E-state index in [1.54, 1.807) is 0 Å². The molecule has 0 N–H and O–H groups in total. The van der Waals surface area contributed by atoms with Gasteiger partial charge in [0.1, 0.15) is 5.78 Å². The summed E-state index contributed by atoms with van der Waals surface area (Å²) in [7, 11) is 0. The quantitative estimate of drug-likeness (QED) is 0.123. The largest absolute Gasteiger partial charge is 0.300 e. The molecule has 0 spiro atoms. The van der Waals surface area contributed by atoms with Crippen LogP contribution in [0.2, 0.25) is 0 Å². The maximum absolute atomic E-state index is 11.4. The molecule has 27 heavy (non-hydrogen) atoms. The van der Waals surface area contributed by atoms with Crippen molar-refractivity contribution in [1.29, 1.82) is 0 Å². The molecule has 0 aliphatic rings. The van der Waals surface area contributed by atoms with Crippen LogP contribution in [0.5, 0.6) is 0 Å². The van der Waals surface area contributed by atoms with E-state index >= 15 is 0 Å². The fourth-order valence-electron chi connectivity index (χ4n) is 3.81. The van der Waals surface area contributed by atoms with Gasteiger partial charge in [0.25, 0.3) is 0 Å². The van der Waals surface area contributed by atoms with Crippen molar-refractivity contribution in [3.63, 3.8) is 0 Å². The molecule has 0 aliphatic heterocycles. The molecule has 0 saturated heterocycles. The molecule has 0 amide bonds. The van der Waals surface area contributed by atoms with Crippen molar-refractivity contribution in [2.45, 2.75) is 148 Å². The molecule has 0 aromatic rings. The van der Waals surface area contributed by atoms with Crippen LogP contribution in [0.3, 0.4) is 0 Å². The lowest BCUT2D eigenvalue weighted by atomic mass is 10.0. The molecule has 0 atom stereocenters. The van der Waals surface area contributed by atoms with Crippen molar-refractivity contribution in [2.75, 3.05) is 5.88 Å². The second-order valence-electron chi connectivity index (χ2n) is 8.45. The van der Waals surface area contributed by atoms with Crippen LogP contribution in [-0.4, -0.2) is 11.7 Å². The molecule has 0 rings (SSSR count). The standard InChI is InChI=1S/C25H49ClO/c1-2-3-4-5-6-7-8-9-10-11-12-13-14-15-16-17-18-19-20-21-22-25(27)23-24-26/h2-24H2,1H3. The molecule has 2 heteroatoms. The number of carbonyl (C=O) groups excluding carboxylic acids is 1. The van der Waals surface area contributed by atoms with Crippen LogP contribution in [0, 0.1) is 0 Å². The fourth-order valence-corrected chi connectivity index (χ4v) is 4.02. The first kappa shape index (κ1) is 27.0. The van der Waals surface area contributed by atoms with Gasteiger partial charge in [-0.2, -0.15) is 0 Å². The highest BCUT2D eigenvalue weighted by atomic mass is 35.5. The Labute approximate surface area is 176 Å². The SMILES string of the molecule is CCCCCCCCCCCCCCCCCCCCCCC(=O)CCCl. The first-order valence-electron chi connectivity index (χ1n) is 12.4. The minimum Gasteiger partial charge on any atom is -0.300 e. The third kappa shape index (κ3) is 23.9. The predicted octanol–water partition coefficient (Wildman–Crippen LogP) is 9.40. The van der Waals surface area contributed by atoms with Crippen LogP contribution >= 0.6 is 11.6 Å². The molecule has 0 aromatic carbocycles. The molecule has 0 saturated carbocycles. The Hall–Kier alpha value is -0.0400. The lowest BCUT2D eigenvalue weighted by Crippen LogP contribution is -1.97. The highest BCUT2D eigenvalue weighted by Gasteiger charge is 2.00. The van der Waals surface area contributed by atoms with Crippen molar-refractivity contribution >= 4 is 17.4 Å². The van der Waals surface area contributed by atoms with E-state index in [0.717, 1.165) is 12.8 Å². The molecular formula is C25H49ClO. The molecular weight excluding hydrogens is 352 g/mol. The molecule has 0 aromatic heterocycles. The van der Waals surface area contributed by atoms with Crippen molar-refractivity contribution in [2.24, 2.45) is 0 Å². The van der Waals surface area contributed by atoms with Gasteiger partial charge in [0.15, 0.2) is 0 Å². The van der Waals surface area contributed by atoms with E-state index in [2.05, 4.69) is 6.92 Å². The summed E-state index contributed by atoms with van der Waals surface area (Å²) in [5, 5.41) is 0. The number of hydrogen-bond donors (Lipinski definition) is 0. The minimum atomic E-state index is 0.340. The Bertz CT molecular complexity index is 290. The van der Waals surface area contributed by atoms with Gasteiger partial charge in [0, 0.05) is 18.7 Å². The Kier molecular flexibility index (Phi) is 24.0. The second-order valence-corrected chi connectivity index (χ2v) is 8.82. The van der Waals surface area contributed by atoms with Crippen LogP contribution in [0.15, 0.2) is 0 Å². The van der Waals surface area contributed by atoms with Gasteiger partial charge >= 0.3 is 0 Å². The zero-order valence-corrected chi connectivity index (χ0v) is 19.3. The maximum atomic E-state index is 11.4. The summed E-state index contributed by atoms with van der Waals surface area (Å²) in [4.78, 5) is 11.4. The van der Waals surface area contributed by atoms with E-state index in [0.29, 0.717) is 18.1 Å². The number of ketones is 1. The van der Waals surface area contributed by atoms with Crippen LogP contribution in [-0.2, 0) is 4.79 Å². The zero-order chi connectivity index (χ0) is 19.8. The lowest BCUT2D eigenvalue weighted by Gasteiger charge is -2.04. The van der Waals surface area contributed by atoms with E-state index in [9.17, 15) is 4.79 Å². The monoisotopic (exact) mass is 400 g/mol. The van der Waals surface area contributed by atoms with Crippen LogP contribution < -0.4 is 0 Å². The number of unbranched alkanes of at least 4 members (excludes halogenated alkanes) is 19. The highest BCUT2D eigenvalue weighted by molar-refractivity contribution is 6.19. The summed E-state index contributed by atoms with van der Waals surface area (Å²) in [5.74, 6) is 0.824. The number of rotatable bonds is 23. The van der Waals surface area contributed by atoms with Gasteiger partial charge in [-0.3, -0.25) is 4.79 Å². The smallest absolute Gasteiger partial charge is 0.134 e. The molecule has 0 unspecified atom stereocenters. The summed E-state index contributed by atoms with van der Waals surface area (Å²) in [6.45, 7) is 2.29. The number of Topliss-reactive ketones (excluding diaryl/α,β-unsaturated/α-hetero) is 1. The van der Waals surface area contributed by atoms with Gasteiger partial charge in [-0.15, -0.1) is 11.6 Å². The second kappa shape index (κ2) is 24.0. The Morgan fingerprint density at radius 1 is 0.481 bits per heavy atom. The van der Waals surface area contributed by atoms with Crippen LogP contribution in [0.4, 0.5) is 0 Å². The average molecular weight is 401 g/mol. The summed E-state index contributed by atoms with van der Waals surface area (Å²) in [6, 6.07) is 0. The number of alkyl halides is 1. The molecule has 1 nitrogen and oxygen atoms in total. The molecule has 0 heterocycles. The highest BCUT2D eigenvalue weighted by Crippen LogP contribution is 2.15. The predicted molar refractivity (Wildman–Crippen MR) is 123 cm³/mol. The van der Waals surface area contributed by atoms with Gasteiger partial charge < -0.3 is 0 Å². The van der Waals surface area contributed by atoms with Gasteiger partial charge in [0.2, 0.25) is 0 Å². The van der Waals surface area contributed by atoms with E-state index in [4.69, 9.17) is 11.6 Å². The third-order valence-corrected chi connectivity index (χ3v) is 5.87. The molecule has 0 radical (unpaired) electrons. The Morgan fingerprint density at radius 2 is 0.778 bits per heavy atom. The summed E-state index contributed by atoms with van der Waals surface area (Å²) in [5.41, 5.74) is 0. The van der Waals surface area contributed by atoms with Crippen LogP contribution in [0.25, 0.3) is 0 Å². The van der Waals surface area contributed by atoms with Gasteiger partial charge in [-0.05, 0) is 6.42 Å². The molecule has 0 fully saturated rings. The lowest BCUT2D eigenvalue weighted by molar-refractivity contribution is -0.118. The molecule has 162 valence electrons. The summed E-state index contributed by atoms with van der Waals surface area (Å²) < 4.78 is 0. The number of carbonyl (C=O) groups is 1. The topological polar surface area (TPSA) is 17.1 Å². The van der Waals surface area contributed by atoms with E-state index in [1.165, 1.54) is 122 Å². The summed E-state index contributed by atoms with van der Waals surface area (Å²) >= 11 is 5.57. The van der Waals surface area contributed by atoms with Crippen molar-refractivity contribution in [1.82, 2.24) is 0 Å². The third-order valence-electron chi connectivity index (χ3n) is 5.68. The van der Waals surface area contributed by atoms with E-state index in [-0.39, 0.29) is 0 Å². The van der Waals surface area contributed by atoms with Crippen molar-refractivity contribution in [3.05, 3.63) is 0 Å². The molecule has 0 aliphatic carbocycles. The van der Waals surface area contributed by atoms with E-state index < -0.39 is 0 Å². The maximum Gasteiger partial charge on any atom is 0.134 e.